The van der Waals surface area contributed by atoms with E-state index < -0.39 is 0 Å². The molecule has 0 bridgehead atoms. The number of fused-ring (bicyclic) bond motifs is 1. The number of hydrogen-bond donors (Lipinski definition) is 1. The van der Waals surface area contributed by atoms with Gasteiger partial charge in [-0.3, -0.25) is 0 Å². The number of pyridine rings is 1. The van der Waals surface area contributed by atoms with Crippen molar-refractivity contribution in [2.75, 3.05) is 24.5 Å². The van der Waals surface area contributed by atoms with Crippen molar-refractivity contribution in [3.05, 3.63) is 24.0 Å². The van der Waals surface area contributed by atoms with Crippen LogP contribution >= 0.6 is 0 Å². The number of hydrogen-bond acceptors (Lipinski definition) is 4. The van der Waals surface area contributed by atoms with Crippen molar-refractivity contribution in [3.63, 3.8) is 0 Å². The van der Waals surface area contributed by atoms with Gasteiger partial charge >= 0.3 is 0 Å². The van der Waals surface area contributed by atoms with E-state index in [2.05, 4.69) is 34.9 Å². The first kappa shape index (κ1) is 12.8. The highest BCUT2D eigenvalue weighted by Gasteiger charge is 2.11. The quantitative estimate of drug-likeness (QED) is 0.842. The highest BCUT2D eigenvalue weighted by Crippen LogP contribution is 2.18. The Hall–Kier alpha value is -1.62. The van der Waals surface area contributed by atoms with Crippen LogP contribution in [0.2, 0.25) is 0 Å². The van der Waals surface area contributed by atoms with E-state index in [1.807, 2.05) is 10.6 Å². The summed E-state index contributed by atoms with van der Waals surface area (Å²) in [6.07, 6.45) is 3.93. The van der Waals surface area contributed by atoms with Crippen molar-refractivity contribution in [1.82, 2.24) is 14.6 Å². The molecule has 98 valence electrons. The predicted molar refractivity (Wildman–Crippen MR) is 73.9 cm³/mol. The molecule has 0 saturated carbocycles. The van der Waals surface area contributed by atoms with Crippen LogP contribution in [0, 0.1) is 6.92 Å². The molecular weight excluding hydrogens is 226 g/mol. The first-order chi connectivity index (χ1) is 8.76. The Morgan fingerprint density at radius 1 is 1.33 bits per heavy atom. The molecule has 0 amide bonds. The number of unbranched alkanes of at least 4 members (excludes halogenated alkanes) is 1. The molecule has 5 heteroatoms. The number of aromatic nitrogens is 3. The summed E-state index contributed by atoms with van der Waals surface area (Å²) in [5.41, 5.74) is 7.80. The van der Waals surface area contributed by atoms with Gasteiger partial charge in [0.25, 0.3) is 0 Å². The molecule has 2 aromatic rings. The minimum Gasteiger partial charge on any atom is -0.355 e. The van der Waals surface area contributed by atoms with Gasteiger partial charge in [-0.15, -0.1) is 0 Å². The van der Waals surface area contributed by atoms with Gasteiger partial charge in [0.15, 0.2) is 5.65 Å². The maximum absolute atomic E-state index is 5.71. The third-order valence-corrected chi connectivity index (χ3v) is 3.01. The van der Waals surface area contributed by atoms with Crippen molar-refractivity contribution in [1.29, 1.82) is 0 Å². The van der Waals surface area contributed by atoms with E-state index >= 15 is 0 Å². The molecule has 0 fully saturated rings. The second-order valence-corrected chi connectivity index (χ2v) is 4.55. The van der Waals surface area contributed by atoms with Crippen molar-refractivity contribution in [2.45, 2.75) is 26.7 Å². The Kier molecular flexibility index (Phi) is 4.15. The molecule has 2 aromatic heterocycles. The van der Waals surface area contributed by atoms with E-state index in [1.165, 1.54) is 12.0 Å². The lowest BCUT2D eigenvalue weighted by atomic mass is 10.2. The number of anilines is 1. The lowest BCUT2D eigenvalue weighted by Gasteiger charge is -2.24. The Bertz CT molecular complexity index is 505. The van der Waals surface area contributed by atoms with Crippen LogP contribution in [0.1, 0.15) is 25.3 Å². The van der Waals surface area contributed by atoms with E-state index in [-0.39, 0.29) is 0 Å². The molecular formula is C13H21N5. The molecule has 0 spiro atoms. The summed E-state index contributed by atoms with van der Waals surface area (Å²) in [5.74, 6) is 1.08. The van der Waals surface area contributed by atoms with Gasteiger partial charge < -0.3 is 10.6 Å². The van der Waals surface area contributed by atoms with Crippen LogP contribution < -0.4 is 10.6 Å². The number of nitrogens with two attached hydrogens (primary N) is 1. The van der Waals surface area contributed by atoms with Crippen LogP contribution in [0.25, 0.3) is 5.65 Å². The number of rotatable bonds is 6. The van der Waals surface area contributed by atoms with Gasteiger partial charge in [0.05, 0.1) is 0 Å². The van der Waals surface area contributed by atoms with Crippen LogP contribution in [-0.4, -0.2) is 34.2 Å². The molecule has 0 aliphatic carbocycles. The first-order valence-corrected chi connectivity index (χ1v) is 6.51. The summed E-state index contributed by atoms with van der Waals surface area (Å²) in [6, 6.07) is 4.18. The summed E-state index contributed by atoms with van der Waals surface area (Å²) >= 11 is 0. The van der Waals surface area contributed by atoms with E-state index in [9.17, 15) is 0 Å². The summed E-state index contributed by atoms with van der Waals surface area (Å²) in [4.78, 5) is 6.55. The molecule has 5 nitrogen and oxygen atoms in total. The van der Waals surface area contributed by atoms with E-state index in [4.69, 9.17) is 5.73 Å². The molecule has 18 heavy (non-hydrogen) atoms. The van der Waals surface area contributed by atoms with Crippen LogP contribution in [-0.2, 0) is 0 Å². The Balaban J connectivity index is 2.38. The van der Waals surface area contributed by atoms with Crippen LogP contribution in [0.15, 0.2) is 18.5 Å². The van der Waals surface area contributed by atoms with Gasteiger partial charge in [-0.05, 0) is 31.0 Å². The van der Waals surface area contributed by atoms with Crippen LogP contribution in [0.3, 0.4) is 0 Å². The zero-order valence-corrected chi connectivity index (χ0v) is 11.1. The minimum atomic E-state index is 0.647. The maximum Gasteiger partial charge on any atom is 0.157 e. The summed E-state index contributed by atoms with van der Waals surface area (Å²) < 4.78 is 1.89. The van der Waals surface area contributed by atoms with Gasteiger partial charge in [-0.2, -0.15) is 9.61 Å². The van der Waals surface area contributed by atoms with E-state index in [1.54, 1.807) is 6.33 Å². The fraction of sp³-hybridized carbons (Fsp3) is 0.538. The zero-order chi connectivity index (χ0) is 13.0. The fourth-order valence-corrected chi connectivity index (χ4v) is 2.11. The van der Waals surface area contributed by atoms with Crippen LogP contribution in [0.5, 0.6) is 0 Å². The summed E-state index contributed by atoms with van der Waals surface area (Å²) in [7, 11) is 0. The lowest BCUT2D eigenvalue weighted by molar-refractivity contribution is 0.695. The first-order valence-electron chi connectivity index (χ1n) is 6.51. The highest BCUT2D eigenvalue weighted by atomic mass is 15.4. The zero-order valence-electron chi connectivity index (χ0n) is 11.1. The summed E-state index contributed by atoms with van der Waals surface area (Å²) in [5, 5.41) is 4.29. The maximum atomic E-state index is 5.71. The molecule has 0 aromatic carbocycles. The van der Waals surface area contributed by atoms with E-state index in [0.717, 1.165) is 31.0 Å². The van der Waals surface area contributed by atoms with Gasteiger partial charge in [-0.25, -0.2) is 4.98 Å². The third-order valence-electron chi connectivity index (χ3n) is 3.01. The number of aryl methyl sites for hydroxylation is 1. The molecule has 2 rings (SSSR count). The number of nitrogens with zero attached hydrogens (tertiary/aromatic N) is 4. The van der Waals surface area contributed by atoms with Gasteiger partial charge in [0.1, 0.15) is 12.1 Å². The molecule has 2 heterocycles. The smallest absolute Gasteiger partial charge is 0.157 e. The van der Waals surface area contributed by atoms with Crippen molar-refractivity contribution < 1.29 is 0 Å². The fourth-order valence-electron chi connectivity index (χ4n) is 2.11. The Morgan fingerprint density at radius 2 is 2.17 bits per heavy atom. The van der Waals surface area contributed by atoms with Crippen LogP contribution in [0.4, 0.5) is 5.82 Å². The SMILES string of the molecule is CCCCN(CCN)c1cc(C)cc2ncnn12. The molecule has 2 N–H and O–H groups in total. The standard InChI is InChI=1S/C13H21N5/c1-3-4-6-17(7-5-14)13-9-11(2)8-12-15-10-16-18(12)13/h8-10H,3-7,14H2,1-2H3. The van der Waals surface area contributed by atoms with Gasteiger partial charge in [-0.1, -0.05) is 13.3 Å². The van der Waals surface area contributed by atoms with Crippen molar-refractivity contribution in [2.24, 2.45) is 5.73 Å². The second kappa shape index (κ2) is 5.82. The van der Waals surface area contributed by atoms with Crippen molar-refractivity contribution in [3.8, 4) is 0 Å². The second-order valence-electron chi connectivity index (χ2n) is 4.55. The predicted octanol–water partition coefficient (Wildman–Crippen LogP) is 1.60. The Morgan fingerprint density at radius 3 is 2.89 bits per heavy atom. The molecule has 0 radical (unpaired) electrons. The largest absolute Gasteiger partial charge is 0.355 e. The van der Waals surface area contributed by atoms with Crippen molar-refractivity contribution >= 4 is 11.5 Å². The lowest BCUT2D eigenvalue weighted by Crippen LogP contribution is -2.32. The normalized spacial score (nSPS) is 11.1. The Labute approximate surface area is 108 Å². The molecule has 0 unspecified atom stereocenters. The average molecular weight is 247 g/mol. The summed E-state index contributed by atoms with van der Waals surface area (Å²) in [6.45, 7) is 6.78. The minimum absolute atomic E-state index is 0.647. The molecule has 0 saturated heterocycles. The van der Waals surface area contributed by atoms with E-state index in [0.29, 0.717) is 6.54 Å². The molecule has 0 atom stereocenters. The third kappa shape index (κ3) is 2.61. The average Bonchev–Trinajstić information content (AvgIpc) is 2.81. The monoisotopic (exact) mass is 247 g/mol. The topological polar surface area (TPSA) is 59.5 Å². The molecule has 0 aliphatic heterocycles. The molecule has 0 aliphatic rings. The highest BCUT2D eigenvalue weighted by molar-refractivity contribution is 5.52. The van der Waals surface area contributed by atoms with Gasteiger partial charge in [0.2, 0.25) is 0 Å². The van der Waals surface area contributed by atoms with Gasteiger partial charge in [0, 0.05) is 19.6 Å².